The molecule has 0 spiro atoms. The molecule has 198 valence electrons. The van der Waals surface area contributed by atoms with E-state index in [0.717, 1.165) is 61.4 Å². The van der Waals surface area contributed by atoms with Gasteiger partial charge in [-0.05, 0) is 44.4 Å². The topological polar surface area (TPSA) is 110 Å². The molecule has 4 aromatic rings. The van der Waals surface area contributed by atoms with Gasteiger partial charge < -0.3 is 20.3 Å². The van der Waals surface area contributed by atoms with E-state index in [-0.39, 0.29) is 5.97 Å². The average molecular weight is 515 g/mol. The number of nitrogens with zero attached hydrogens (tertiary/aromatic N) is 6. The second kappa shape index (κ2) is 10.5. The number of ether oxygens (including phenoxy) is 1. The van der Waals surface area contributed by atoms with Crippen LogP contribution in [0, 0.1) is 6.92 Å². The van der Waals surface area contributed by atoms with Gasteiger partial charge in [0.15, 0.2) is 11.3 Å². The van der Waals surface area contributed by atoms with Gasteiger partial charge in [-0.2, -0.15) is 4.98 Å². The number of hydrogen-bond acceptors (Lipinski definition) is 9. The molecule has 5 heterocycles. The molecule has 0 bridgehead atoms. The molecule has 4 aromatic heterocycles. The molecule has 38 heavy (non-hydrogen) atoms. The molecule has 2 fully saturated rings. The smallest absolute Gasteiger partial charge is 0.342 e. The Bertz CT molecular complexity index is 1450. The van der Waals surface area contributed by atoms with Crippen LogP contribution in [-0.4, -0.2) is 63.1 Å². The largest absolute Gasteiger partial charge is 0.462 e. The number of hydrogen-bond donors (Lipinski definition) is 2. The van der Waals surface area contributed by atoms with Crippen LogP contribution in [0.25, 0.3) is 16.7 Å². The molecule has 2 aliphatic rings. The summed E-state index contributed by atoms with van der Waals surface area (Å²) in [4.78, 5) is 34.3. The van der Waals surface area contributed by atoms with E-state index in [1.165, 1.54) is 19.3 Å². The molecule has 0 radical (unpaired) electrons. The number of carbonyl (C=O) groups excluding carboxylic acids is 1. The van der Waals surface area contributed by atoms with Crippen molar-refractivity contribution in [2.75, 3.05) is 43.0 Å². The van der Waals surface area contributed by atoms with Crippen LogP contribution in [0.5, 0.6) is 0 Å². The minimum Gasteiger partial charge on any atom is -0.462 e. The lowest BCUT2D eigenvalue weighted by atomic mass is 9.87. The molecule has 1 aliphatic heterocycles. The Balaban J connectivity index is 1.38. The zero-order valence-electron chi connectivity index (χ0n) is 22.0. The zero-order valence-corrected chi connectivity index (χ0v) is 22.0. The molecule has 0 unspecified atom stereocenters. The van der Waals surface area contributed by atoms with Crippen LogP contribution < -0.4 is 15.5 Å². The summed E-state index contributed by atoms with van der Waals surface area (Å²) < 4.78 is 7.35. The summed E-state index contributed by atoms with van der Waals surface area (Å²) in [5.74, 6) is 1.14. The number of aryl methyl sites for hydroxylation is 1. The molecule has 10 heteroatoms. The van der Waals surface area contributed by atoms with E-state index in [0.29, 0.717) is 41.1 Å². The van der Waals surface area contributed by atoms with E-state index >= 15 is 0 Å². The van der Waals surface area contributed by atoms with Crippen LogP contribution in [0.15, 0.2) is 30.7 Å². The number of carbonyl (C=O) groups is 1. The molecule has 1 saturated carbocycles. The molecule has 2 N–H and O–H groups in total. The summed E-state index contributed by atoms with van der Waals surface area (Å²) in [7, 11) is 0. The first kappa shape index (κ1) is 24.5. The summed E-state index contributed by atoms with van der Waals surface area (Å²) in [5.41, 5.74) is 4.68. The van der Waals surface area contributed by atoms with E-state index in [1.54, 1.807) is 6.20 Å². The SMILES string of the molecule is CCOC(=O)c1c(C)c2cnc(Nc3ccc(N4CCNCC4)cn3)nc2n2cc(C3CCCCC3)nc12. The number of aromatic nitrogens is 5. The number of nitrogens with one attached hydrogen (secondary N) is 2. The van der Waals surface area contributed by atoms with Crippen LogP contribution >= 0.6 is 0 Å². The first-order valence-corrected chi connectivity index (χ1v) is 13.7. The van der Waals surface area contributed by atoms with Gasteiger partial charge in [0.25, 0.3) is 0 Å². The minimum atomic E-state index is -0.367. The first-order chi connectivity index (χ1) is 18.6. The van der Waals surface area contributed by atoms with Crippen molar-refractivity contribution in [3.05, 3.63) is 47.5 Å². The van der Waals surface area contributed by atoms with Gasteiger partial charge in [0.2, 0.25) is 5.95 Å². The summed E-state index contributed by atoms with van der Waals surface area (Å²) in [5, 5.41) is 7.41. The van der Waals surface area contributed by atoms with E-state index in [2.05, 4.69) is 31.6 Å². The van der Waals surface area contributed by atoms with E-state index in [4.69, 9.17) is 14.7 Å². The van der Waals surface area contributed by atoms with Crippen LogP contribution in [0.3, 0.4) is 0 Å². The number of rotatable bonds is 6. The predicted octanol–water partition coefficient (Wildman–Crippen LogP) is 4.36. The van der Waals surface area contributed by atoms with Crippen molar-refractivity contribution in [2.24, 2.45) is 0 Å². The second-order valence-electron chi connectivity index (χ2n) is 10.1. The van der Waals surface area contributed by atoms with Gasteiger partial charge in [-0.1, -0.05) is 19.3 Å². The van der Waals surface area contributed by atoms with Crippen molar-refractivity contribution >= 4 is 40.1 Å². The van der Waals surface area contributed by atoms with Gasteiger partial charge in [0, 0.05) is 49.9 Å². The predicted molar refractivity (Wildman–Crippen MR) is 147 cm³/mol. The minimum absolute atomic E-state index is 0.304. The Morgan fingerprint density at radius 2 is 1.89 bits per heavy atom. The van der Waals surface area contributed by atoms with Crippen molar-refractivity contribution in [1.82, 2.24) is 29.7 Å². The normalized spacial score (nSPS) is 16.7. The van der Waals surface area contributed by atoms with E-state index in [1.807, 2.05) is 36.7 Å². The third-order valence-corrected chi connectivity index (χ3v) is 7.70. The zero-order chi connectivity index (χ0) is 26.1. The van der Waals surface area contributed by atoms with Crippen molar-refractivity contribution < 1.29 is 9.53 Å². The maximum absolute atomic E-state index is 13.0. The summed E-state index contributed by atoms with van der Waals surface area (Å²) >= 11 is 0. The van der Waals surface area contributed by atoms with Crippen LogP contribution in [0.1, 0.15) is 66.6 Å². The molecular weight excluding hydrogens is 480 g/mol. The number of pyridine rings is 2. The van der Waals surface area contributed by atoms with Gasteiger partial charge in [0.05, 0.1) is 24.2 Å². The first-order valence-electron chi connectivity index (χ1n) is 13.7. The fourth-order valence-electron chi connectivity index (χ4n) is 5.65. The summed E-state index contributed by atoms with van der Waals surface area (Å²) in [6.07, 6.45) is 11.6. The van der Waals surface area contributed by atoms with Gasteiger partial charge >= 0.3 is 5.97 Å². The van der Waals surface area contributed by atoms with Gasteiger partial charge in [-0.15, -0.1) is 0 Å². The molecule has 10 nitrogen and oxygen atoms in total. The molecule has 1 aliphatic carbocycles. The Hall–Kier alpha value is -3.79. The van der Waals surface area contributed by atoms with Crippen LogP contribution in [-0.2, 0) is 4.74 Å². The van der Waals surface area contributed by atoms with Crippen molar-refractivity contribution in [2.45, 2.75) is 51.9 Å². The Morgan fingerprint density at radius 3 is 2.63 bits per heavy atom. The highest BCUT2D eigenvalue weighted by molar-refractivity contribution is 6.03. The maximum Gasteiger partial charge on any atom is 0.342 e. The standard InChI is InChI=1S/C28H34N8O2/c1-3-38-27(37)24-18(2)21-16-31-28(33-23-10-9-20(15-30-23)35-13-11-29-12-14-35)34-25(21)36-17-22(32-26(24)36)19-7-5-4-6-8-19/h9-10,15-17,19,29H,3-8,11-14H2,1-2H3,(H,30,31,33,34). The highest BCUT2D eigenvalue weighted by Gasteiger charge is 2.25. The number of fused-ring (bicyclic) bond motifs is 3. The van der Waals surface area contributed by atoms with E-state index < -0.39 is 0 Å². The molecular formula is C28H34N8O2. The lowest BCUT2D eigenvalue weighted by Gasteiger charge is -2.29. The second-order valence-corrected chi connectivity index (χ2v) is 10.1. The quantitative estimate of drug-likeness (QED) is 0.363. The summed E-state index contributed by atoms with van der Waals surface area (Å²) in [6, 6.07) is 4.02. The number of piperazine rings is 1. The van der Waals surface area contributed by atoms with Crippen LogP contribution in [0.4, 0.5) is 17.5 Å². The monoisotopic (exact) mass is 514 g/mol. The van der Waals surface area contributed by atoms with Crippen LogP contribution in [0.2, 0.25) is 0 Å². The lowest BCUT2D eigenvalue weighted by Crippen LogP contribution is -2.43. The van der Waals surface area contributed by atoms with Crippen molar-refractivity contribution in [3.63, 3.8) is 0 Å². The Labute approximate surface area is 221 Å². The molecule has 1 saturated heterocycles. The molecule has 0 aromatic carbocycles. The van der Waals surface area contributed by atoms with E-state index in [9.17, 15) is 4.79 Å². The lowest BCUT2D eigenvalue weighted by molar-refractivity contribution is 0.0527. The average Bonchev–Trinajstić information content (AvgIpc) is 3.40. The number of anilines is 3. The molecule has 6 rings (SSSR count). The van der Waals surface area contributed by atoms with Crippen molar-refractivity contribution in [3.8, 4) is 0 Å². The maximum atomic E-state index is 13.0. The van der Waals surface area contributed by atoms with Gasteiger partial charge in [-0.25, -0.2) is 19.7 Å². The summed E-state index contributed by atoms with van der Waals surface area (Å²) in [6.45, 7) is 7.93. The van der Waals surface area contributed by atoms with Gasteiger partial charge in [-0.3, -0.25) is 4.40 Å². The fourth-order valence-corrected chi connectivity index (χ4v) is 5.65. The Kier molecular flexibility index (Phi) is 6.80. The molecule has 0 atom stereocenters. The third kappa shape index (κ3) is 4.64. The number of imidazole rings is 1. The fraction of sp³-hybridized carbons (Fsp3) is 0.464. The van der Waals surface area contributed by atoms with Gasteiger partial charge in [0.1, 0.15) is 11.4 Å². The molecule has 0 amide bonds. The highest BCUT2D eigenvalue weighted by Crippen LogP contribution is 2.34. The third-order valence-electron chi connectivity index (χ3n) is 7.70. The highest BCUT2D eigenvalue weighted by atomic mass is 16.5. The number of esters is 1. The van der Waals surface area contributed by atoms with Crippen molar-refractivity contribution in [1.29, 1.82) is 0 Å². The Morgan fingerprint density at radius 1 is 1.08 bits per heavy atom.